The number of ether oxygens (including phenoxy) is 2. The number of aromatic amines is 1. The molecule has 0 aliphatic carbocycles. The van der Waals surface area contributed by atoms with Crippen molar-refractivity contribution >= 4 is 0 Å². The van der Waals surface area contributed by atoms with Crippen LogP contribution in [0.4, 0.5) is 0 Å². The van der Waals surface area contributed by atoms with Gasteiger partial charge in [-0.15, -0.1) is 0 Å². The van der Waals surface area contributed by atoms with Crippen LogP contribution >= 0.6 is 0 Å². The van der Waals surface area contributed by atoms with Crippen molar-refractivity contribution < 1.29 is 9.47 Å². The molecule has 90 valence electrons. The van der Waals surface area contributed by atoms with Crippen molar-refractivity contribution in [3.05, 3.63) is 29.2 Å². The monoisotopic (exact) mass is 241 g/mol. The smallest absolute Gasteiger partial charge is 0.231 e. The summed E-state index contributed by atoms with van der Waals surface area (Å²) in [5, 5.41) is 9.09. The van der Waals surface area contributed by atoms with E-state index in [0.717, 1.165) is 28.4 Å². The van der Waals surface area contributed by atoms with E-state index in [1.54, 1.807) is 0 Å². The minimum absolute atomic E-state index is 0.241. The van der Waals surface area contributed by atoms with Crippen molar-refractivity contribution in [2.45, 2.75) is 13.8 Å². The summed E-state index contributed by atoms with van der Waals surface area (Å²) >= 11 is 0. The zero-order valence-electron chi connectivity index (χ0n) is 10.1. The van der Waals surface area contributed by atoms with E-state index in [1.165, 1.54) is 0 Å². The van der Waals surface area contributed by atoms with Gasteiger partial charge >= 0.3 is 0 Å². The van der Waals surface area contributed by atoms with Crippen LogP contribution in [0.1, 0.15) is 17.1 Å². The average Bonchev–Trinajstić information content (AvgIpc) is 2.93. The average molecular weight is 241 g/mol. The maximum Gasteiger partial charge on any atom is 0.231 e. The van der Waals surface area contributed by atoms with Crippen molar-refractivity contribution in [1.29, 1.82) is 5.26 Å². The highest BCUT2D eigenvalue weighted by Gasteiger charge is 2.19. The fourth-order valence-corrected chi connectivity index (χ4v) is 2.08. The Bertz CT molecular complexity index is 668. The molecule has 0 amide bonds. The summed E-state index contributed by atoms with van der Waals surface area (Å²) in [4.78, 5) is 7.27. The number of hydrogen-bond donors (Lipinski definition) is 1. The van der Waals surface area contributed by atoms with Crippen molar-refractivity contribution in [2.75, 3.05) is 6.79 Å². The molecule has 0 unspecified atom stereocenters. The number of nitrogens with zero attached hydrogens (tertiary/aromatic N) is 2. The first kappa shape index (κ1) is 10.7. The number of aryl methyl sites for hydroxylation is 2. The number of hydrogen-bond acceptors (Lipinski definition) is 4. The van der Waals surface area contributed by atoms with E-state index in [1.807, 2.05) is 26.0 Å². The van der Waals surface area contributed by atoms with E-state index in [4.69, 9.17) is 14.7 Å². The van der Waals surface area contributed by atoms with Gasteiger partial charge < -0.3 is 14.5 Å². The quantitative estimate of drug-likeness (QED) is 0.831. The zero-order chi connectivity index (χ0) is 12.7. The lowest BCUT2D eigenvalue weighted by molar-refractivity contribution is 0.174. The molecule has 1 N–H and O–H groups in total. The summed E-state index contributed by atoms with van der Waals surface area (Å²) in [6.07, 6.45) is 0. The Morgan fingerprint density at radius 1 is 1.28 bits per heavy atom. The van der Waals surface area contributed by atoms with Crippen LogP contribution in [0.15, 0.2) is 12.1 Å². The number of benzene rings is 1. The van der Waals surface area contributed by atoms with Gasteiger partial charge in [-0.25, -0.2) is 4.98 Å². The second-order valence-corrected chi connectivity index (χ2v) is 4.18. The normalized spacial score (nSPS) is 12.5. The molecule has 0 spiro atoms. The van der Waals surface area contributed by atoms with Crippen molar-refractivity contribution in [3.8, 4) is 28.8 Å². The van der Waals surface area contributed by atoms with Gasteiger partial charge in [0.05, 0.1) is 5.69 Å². The predicted octanol–water partition coefficient (Wildman–Crippen LogP) is 2.29. The van der Waals surface area contributed by atoms with Crippen LogP contribution < -0.4 is 9.47 Å². The number of nitrogens with one attached hydrogen (secondary N) is 1. The predicted molar refractivity (Wildman–Crippen MR) is 64.3 cm³/mol. The van der Waals surface area contributed by atoms with E-state index >= 15 is 0 Å². The first-order valence-corrected chi connectivity index (χ1v) is 5.56. The Labute approximate surface area is 104 Å². The lowest BCUT2D eigenvalue weighted by Crippen LogP contribution is -1.92. The lowest BCUT2D eigenvalue weighted by Gasteiger charge is -2.05. The molecule has 2 heterocycles. The molecule has 1 aliphatic rings. The number of aromatic nitrogens is 2. The molecule has 0 saturated heterocycles. The molecule has 5 heteroatoms. The molecule has 18 heavy (non-hydrogen) atoms. The minimum atomic E-state index is 0.241. The van der Waals surface area contributed by atoms with Crippen LogP contribution in [0, 0.1) is 25.2 Å². The van der Waals surface area contributed by atoms with Gasteiger partial charge in [-0.2, -0.15) is 5.26 Å². The lowest BCUT2D eigenvalue weighted by atomic mass is 10.0. The Hall–Kier alpha value is -2.48. The van der Waals surface area contributed by atoms with E-state index < -0.39 is 0 Å². The molecule has 0 bridgehead atoms. The molecule has 1 aliphatic heterocycles. The Morgan fingerprint density at radius 2 is 2.00 bits per heavy atom. The second kappa shape index (κ2) is 3.77. The maximum absolute atomic E-state index is 9.09. The highest BCUT2D eigenvalue weighted by Crippen LogP contribution is 2.38. The van der Waals surface area contributed by atoms with Crippen LogP contribution in [0.2, 0.25) is 0 Å². The summed E-state index contributed by atoms with van der Waals surface area (Å²) in [5.41, 5.74) is 3.05. The molecule has 0 atom stereocenters. The van der Waals surface area contributed by atoms with Gasteiger partial charge in [-0.1, -0.05) is 0 Å². The number of nitriles is 1. The minimum Gasteiger partial charge on any atom is -0.454 e. The first-order valence-electron chi connectivity index (χ1n) is 5.56. The summed E-state index contributed by atoms with van der Waals surface area (Å²) < 4.78 is 10.7. The number of H-pyrrole nitrogens is 1. The molecular formula is C13H11N3O2. The van der Waals surface area contributed by atoms with E-state index in [-0.39, 0.29) is 6.79 Å². The topological polar surface area (TPSA) is 70.9 Å². The SMILES string of the molecule is Cc1nc(C#N)c(-c2cc3c(cc2C)OCO3)[nH]1. The van der Waals surface area contributed by atoms with Crippen LogP contribution in [0.5, 0.6) is 11.5 Å². The molecule has 3 rings (SSSR count). The third kappa shape index (κ3) is 1.51. The first-order chi connectivity index (χ1) is 8.69. The highest BCUT2D eigenvalue weighted by molar-refractivity contribution is 5.72. The third-order valence-corrected chi connectivity index (χ3v) is 2.92. The summed E-state index contributed by atoms with van der Waals surface area (Å²) in [7, 11) is 0. The molecule has 5 nitrogen and oxygen atoms in total. The Morgan fingerprint density at radius 3 is 2.72 bits per heavy atom. The van der Waals surface area contributed by atoms with Gasteiger partial charge in [0, 0.05) is 5.56 Å². The van der Waals surface area contributed by atoms with Gasteiger partial charge in [0.25, 0.3) is 0 Å². The van der Waals surface area contributed by atoms with Crippen molar-refractivity contribution in [3.63, 3.8) is 0 Å². The van der Waals surface area contributed by atoms with Crippen LogP contribution in [0.25, 0.3) is 11.3 Å². The standard InChI is InChI=1S/C13H11N3O2/c1-7-3-11-12(18-6-17-11)4-9(7)13-10(5-14)15-8(2)16-13/h3-4H,6H2,1-2H3,(H,15,16). The van der Waals surface area contributed by atoms with Crippen LogP contribution in [-0.4, -0.2) is 16.8 Å². The van der Waals surface area contributed by atoms with E-state index in [0.29, 0.717) is 11.4 Å². The summed E-state index contributed by atoms with van der Waals surface area (Å²) in [6, 6.07) is 5.89. The van der Waals surface area contributed by atoms with Gasteiger partial charge in [-0.05, 0) is 31.5 Å². The number of rotatable bonds is 1. The van der Waals surface area contributed by atoms with Crippen LogP contribution in [-0.2, 0) is 0 Å². The molecule has 0 radical (unpaired) electrons. The number of imidazole rings is 1. The zero-order valence-corrected chi connectivity index (χ0v) is 10.1. The third-order valence-electron chi connectivity index (χ3n) is 2.92. The fraction of sp³-hybridized carbons (Fsp3) is 0.231. The molecule has 1 aromatic carbocycles. The largest absolute Gasteiger partial charge is 0.454 e. The highest BCUT2D eigenvalue weighted by atomic mass is 16.7. The molecule has 1 aromatic heterocycles. The molecule has 2 aromatic rings. The van der Waals surface area contributed by atoms with Crippen molar-refractivity contribution in [1.82, 2.24) is 9.97 Å². The maximum atomic E-state index is 9.09. The fourth-order valence-electron chi connectivity index (χ4n) is 2.08. The van der Waals surface area contributed by atoms with Gasteiger partial charge in [0.15, 0.2) is 17.2 Å². The molecule has 0 saturated carbocycles. The Balaban J connectivity index is 2.20. The number of fused-ring (bicyclic) bond motifs is 1. The van der Waals surface area contributed by atoms with Crippen molar-refractivity contribution in [2.24, 2.45) is 0 Å². The second-order valence-electron chi connectivity index (χ2n) is 4.18. The summed E-state index contributed by atoms with van der Waals surface area (Å²) in [6.45, 7) is 4.03. The summed E-state index contributed by atoms with van der Waals surface area (Å²) in [5.74, 6) is 2.16. The van der Waals surface area contributed by atoms with Gasteiger partial charge in [0.1, 0.15) is 11.9 Å². The van der Waals surface area contributed by atoms with E-state index in [2.05, 4.69) is 16.0 Å². The van der Waals surface area contributed by atoms with Crippen LogP contribution in [0.3, 0.4) is 0 Å². The van der Waals surface area contributed by atoms with Gasteiger partial charge in [0.2, 0.25) is 6.79 Å². The van der Waals surface area contributed by atoms with E-state index in [9.17, 15) is 0 Å². The molecular weight excluding hydrogens is 230 g/mol. The van der Waals surface area contributed by atoms with Gasteiger partial charge in [-0.3, -0.25) is 0 Å². The Kier molecular flexibility index (Phi) is 2.23. The molecule has 0 fully saturated rings.